The van der Waals surface area contributed by atoms with Gasteiger partial charge in [0.2, 0.25) is 0 Å². The molecule has 0 aliphatic carbocycles. The Hall–Kier alpha value is -1.26. The Kier molecular flexibility index (Phi) is 5.44. The van der Waals surface area contributed by atoms with Gasteiger partial charge in [0.1, 0.15) is 0 Å². The summed E-state index contributed by atoms with van der Waals surface area (Å²) < 4.78 is 5.01. The topological polar surface area (TPSA) is 55.6 Å². The van der Waals surface area contributed by atoms with Crippen molar-refractivity contribution in [2.24, 2.45) is 0 Å². The lowest BCUT2D eigenvalue weighted by Gasteiger charge is -2.27. The molecule has 0 fully saturated rings. The molecule has 4 nitrogen and oxygen atoms in total. The number of methoxy groups -OCH3 is 1. The minimum atomic E-state index is -0.126. The molecule has 0 spiro atoms. The van der Waals surface area contributed by atoms with Crippen LogP contribution in [0.25, 0.3) is 0 Å². The van der Waals surface area contributed by atoms with Crippen molar-refractivity contribution in [3.05, 3.63) is 28.8 Å². The van der Waals surface area contributed by atoms with Crippen molar-refractivity contribution in [2.45, 2.75) is 19.9 Å². The largest absolute Gasteiger partial charge is 0.398 e. The molecule has 100 valence electrons. The molecule has 1 aromatic rings. The van der Waals surface area contributed by atoms with Gasteiger partial charge >= 0.3 is 0 Å². The lowest BCUT2D eigenvalue weighted by Crippen LogP contribution is -2.39. The van der Waals surface area contributed by atoms with Crippen LogP contribution in [-0.2, 0) is 4.74 Å². The Balaban J connectivity index is 2.98. The smallest absolute Gasteiger partial charge is 0.255 e. The summed E-state index contributed by atoms with van der Waals surface area (Å²) in [6.07, 6.45) is 0. The molecule has 0 aromatic heterocycles. The Labute approximate surface area is 113 Å². The lowest BCUT2D eigenvalue weighted by molar-refractivity contribution is 0.0635. The molecule has 0 heterocycles. The van der Waals surface area contributed by atoms with Crippen molar-refractivity contribution >= 4 is 23.2 Å². The first-order valence-corrected chi connectivity index (χ1v) is 6.20. The molecule has 0 saturated heterocycles. The molecule has 1 rings (SSSR count). The van der Waals surface area contributed by atoms with E-state index in [1.54, 1.807) is 30.2 Å². The minimum Gasteiger partial charge on any atom is -0.398 e. The summed E-state index contributed by atoms with van der Waals surface area (Å²) in [5, 5.41) is 0.311. The molecule has 0 bridgehead atoms. The van der Waals surface area contributed by atoms with Crippen LogP contribution in [0.2, 0.25) is 5.02 Å². The van der Waals surface area contributed by atoms with Crippen molar-refractivity contribution in [2.75, 3.05) is 26.0 Å². The van der Waals surface area contributed by atoms with Crippen LogP contribution in [0.3, 0.4) is 0 Å². The van der Waals surface area contributed by atoms with Crippen molar-refractivity contribution in [3.63, 3.8) is 0 Å². The highest BCUT2D eigenvalue weighted by Gasteiger charge is 2.21. The van der Waals surface area contributed by atoms with Crippen LogP contribution < -0.4 is 5.73 Å². The number of rotatable bonds is 5. The summed E-state index contributed by atoms with van der Waals surface area (Å²) in [7, 11) is 1.61. The maximum atomic E-state index is 12.4. The van der Waals surface area contributed by atoms with Gasteiger partial charge in [-0.1, -0.05) is 17.7 Å². The van der Waals surface area contributed by atoms with Crippen LogP contribution in [-0.4, -0.2) is 37.1 Å². The van der Waals surface area contributed by atoms with Gasteiger partial charge in [0.05, 0.1) is 22.9 Å². The SMILES string of the molecule is COCCN(C(=O)c1cccc(N)c1Cl)C(C)C. The van der Waals surface area contributed by atoms with Crippen LogP contribution in [0.1, 0.15) is 24.2 Å². The Morgan fingerprint density at radius 2 is 2.17 bits per heavy atom. The standard InChI is InChI=1S/C13H19ClN2O2/c1-9(2)16(7-8-18-3)13(17)10-5-4-6-11(15)12(10)14/h4-6,9H,7-8,15H2,1-3H3. The number of nitrogen functional groups attached to an aromatic ring is 1. The Bertz CT molecular complexity index is 421. The molecule has 0 saturated carbocycles. The molecule has 18 heavy (non-hydrogen) atoms. The monoisotopic (exact) mass is 270 g/mol. The summed E-state index contributed by atoms with van der Waals surface area (Å²) >= 11 is 6.07. The van der Waals surface area contributed by atoms with E-state index in [0.717, 1.165) is 0 Å². The van der Waals surface area contributed by atoms with Crippen molar-refractivity contribution in [1.29, 1.82) is 0 Å². The molecule has 1 aromatic carbocycles. The maximum Gasteiger partial charge on any atom is 0.255 e. The first-order valence-electron chi connectivity index (χ1n) is 5.83. The van der Waals surface area contributed by atoms with E-state index in [9.17, 15) is 4.79 Å². The van der Waals surface area contributed by atoms with E-state index in [1.165, 1.54) is 0 Å². The Morgan fingerprint density at radius 3 is 2.72 bits per heavy atom. The third-order valence-corrected chi connectivity index (χ3v) is 3.10. The molecule has 0 aliphatic heterocycles. The predicted octanol–water partition coefficient (Wildman–Crippen LogP) is 2.42. The molecule has 2 N–H and O–H groups in total. The fourth-order valence-electron chi connectivity index (χ4n) is 1.65. The van der Waals surface area contributed by atoms with E-state index >= 15 is 0 Å². The molecule has 1 amide bonds. The van der Waals surface area contributed by atoms with Gasteiger partial charge in [-0.2, -0.15) is 0 Å². The van der Waals surface area contributed by atoms with Gasteiger partial charge in [0.15, 0.2) is 0 Å². The zero-order chi connectivity index (χ0) is 13.7. The average Bonchev–Trinajstić information content (AvgIpc) is 2.32. The normalized spacial score (nSPS) is 10.7. The van der Waals surface area contributed by atoms with Gasteiger partial charge in [-0.25, -0.2) is 0 Å². The first-order chi connectivity index (χ1) is 8.49. The van der Waals surface area contributed by atoms with Crippen molar-refractivity contribution in [1.82, 2.24) is 4.90 Å². The number of hydrogen-bond donors (Lipinski definition) is 1. The number of hydrogen-bond acceptors (Lipinski definition) is 3. The quantitative estimate of drug-likeness (QED) is 0.836. The lowest BCUT2D eigenvalue weighted by atomic mass is 10.1. The highest BCUT2D eigenvalue weighted by Crippen LogP contribution is 2.24. The van der Waals surface area contributed by atoms with Crippen LogP contribution >= 0.6 is 11.6 Å². The van der Waals surface area contributed by atoms with E-state index in [1.807, 2.05) is 13.8 Å². The second-order valence-corrected chi connectivity index (χ2v) is 4.67. The van der Waals surface area contributed by atoms with Gasteiger partial charge in [-0.05, 0) is 26.0 Å². The summed E-state index contributed by atoms with van der Waals surface area (Å²) in [5.41, 5.74) is 6.55. The van der Waals surface area contributed by atoms with E-state index in [2.05, 4.69) is 0 Å². The van der Waals surface area contributed by atoms with E-state index < -0.39 is 0 Å². The summed E-state index contributed by atoms with van der Waals surface area (Å²) in [6.45, 7) is 4.92. The number of amides is 1. The van der Waals surface area contributed by atoms with Crippen LogP contribution in [0.4, 0.5) is 5.69 Å². The van der Waals surface area contributed by atoms with Gasteiger partial charge in [0.25, 0.3) is 5.91 Å². The van der Waals surface area contributed by atoms with Gasteiger partial charge < -0.3 is 15.4 Å². The number of halogens is 1. The maximum absolute atomic E-state index is 12.4. The molecule has 5 heteroatoms. The minimum absolute atomic E-state index is 0.0742. The zero-order valence-corrected chi connectivity index (χ0v) is 11.7. The highest BCUT2D eigenvalue weighted by molar-refractivity contribution is 6.36. The number of anilines is 1. The van der Waals surface area contributed by atoms with Gasteiger partial charge in [-0.3, -0.25) is 4.79 Å². The Morgan fingerprint density at radius 1 is 1.50 bits per heavy atom. The second-order valence-electron chi connectivity index (χ2n) is 4.29. The fraction of sp³-hybridized carbons (Fsp3) is 0.462. The van der Waals surface area contributed by atoms with E-state index in [0.29, 0.717) is 29.4 Å². The number of nitrogens with zero attached hydrogens (tertiary/aromatic N) is 1. The van der Waals surface area contributed by atoms with Crippen LogP contribution in [0, 0.1) is 0 Å². The summed E-state index contributed by atoms with van der Waals surface area (Å²) in [6, 6.07) is 5.16. The number of carbonyl (C=O) groups is 1. The first kappa shape index (κ1) is 14.8. The molecule has 0 unspecified atom stereocenters. The molecular weight excluding hydrogens is 252 g/mol. The molecule has 0 aliphatic rings. The highest BCUT2D eigenvalue weighted by atomic mass is 35.5. The average molecular weight is 271 g/mol. The second kappa shape index (κ2) is 6.61. The van der Waals surface area contributed by atoms with Crippen molar-refractivity contribution < 1.29 is 9.53 Å². The zero-order valence-electron chi connectivity index (χ0n) is 10.9. The molecule has 0 radical (unpaired) electrons. The van der Waals surface area contributed by atoms with Gasteiger partial charge in [0, 0.05) is 19.7 Å². The fourth-order valence-corrected chi connectivity index (χ4v) is 1.86. The third kappa shape index (κ3) is 3.37. The van der Waals surface area contributed by atoms with Crippen molar-refractivity contribution in [3.8, 4) is 0 Å². The molecular formula is C13H19ClN2O2. The van der Waals surface area contributed by atoms with Crippen LogP contribution in [0.5, 0.6) is 0 Å². The van der Waals surface area contributed by atoms with E-state index in [-0.39, 0.29) is 11.9 Å². The number of ether oxygens (including phenoxy) is 1. The summed E-state index contributed by atoms with van der Waals surface area (Å²) in [5.74, 6) is -0.126. The third-order valence-electron chi connectivity index (χ3n) is 2.68. The number of benzene rings is 1. The van der Waals surface area contributed by atoms with E-state index in [4.69, 9.17) is 22.1 Å². The summed E-state index contributed by atoms with van der Waals surface area (Å²) in [4.78, 5) is 14.1. The molecule has 0 atom stereocenters. The number of carbonyl (C=O) groups excluding carboxylic acids is 1. The number of nitrogens with two attached hydrogens (primary N) is 1. The van der Waals surface area contributed by atoms with Gasteiger partial charge in [-0.15, -0.1) is 0 Å². The van der Waals surface area contributed by atoms with Crippen LogP contribution in [0.15, 0.2) is 18.2 Å². The predicted molar refractivity (Wildman–Crippen MR) is 73.9 cm³/mol.